The van der Waals surface area contributed by atoms with E-state index in [2.05, 4.69) is 10.3 Å². The second-order valence-corrected chi connectivity index (χ2v) is 4.04. The van der Waals surface area contributed by atoms with Crippen molar-refractivity contribution in [3.05, 3.63) is 24.5 Å². The molecule has 1 saturated heterocycles. The summed E-state index contributed by atoms with van der Waals surface area (Å²) < 4.78 is 0. The van der Waals surface area contributed by atoms with E-state index in [0.29, 0.717) is 12.1 Å². The molecule has 2 rings (SSSR count). The molecule has 0 spiro atoms. The summed E-state index contributed by atoms with van der Waals surface area (Å²) in [6.07, 6.45) is 4.76. The van der Waals surface area contributed by atoms with Crippen molar-refractivity contribution in [2.24, 2.45) is 0 Å². The Labute approximate surface area is 99.8 Å². The maximum absolute atomic E-state index is 12.1. The Hall–Kier alpha value is -1.91. The van der Waals surface area contributed by atoms with Crippen LogP contribution >= 0.6 is 0 Å². The van der Waals surface area contributed by atoms with Gasteiger partial charge in [-0.05, 0) is 18.6 Å². The van der Waals surface area contributed by atoms with Crippen molar-refractivity contribution in [2.75, 3.05) is 11.4 Å². The SMILES string of the molecule is CCCC1NC(=O)CN(c2cccnc2)C1=O. The Balaban J connectivity index is 2.22. The Kier molecular flexibility index (Phi) is 3.37. The van der Waals surface area contributed by atoms with Crippen LogP contribution < -0.4 is 10.2 Å². The standard InChI is InChI=1S/C12H15N3O2/c1-2-4-10-12(17)15(8-11(16)14-10)9-5-3-6-13-7-9/h3,5-7,10H,2,4,8H2,1H3,(H,14,16). The predicted molar refractivity (Wildman–Crippen MR) is 63.4 cm³/mol. The average Bonchev–Trinajstić information content (AvgIpc) is 2.35. The van der Waals surface area contributed by atoms with Crippen LogP contribution in [0.3, 0.4) is 0 Å². The molecule has 5 nitrogen and oxygen atoms in total. The molecule has 5 heteroatoms. The molecule has 0 bridgehead atoms. The van der Waals surface area contributed by atoms with E-state index in [1.807, 2.05) is 6.92 Å². The van der Waals surface area contributed by atoms with Crippen LogP contribution in [0.2, 0.25) is 0 Å². The van der Waals surface area contributed by atoms with Crippen LogP contribution in [0.15, 0.2) is 24.5 Å². The number of amides is 2. The number of anilines is 1. The number of hydrogen-bond donors (Lipinski definition) is 1. The smallest absolute Gasteiger partial charge is 0.250 e. The van der Waals surface area contributed by atoms with Crippen molar-refractivity contribution in [1.82, 2.24) is 10.3 Å². The quantitative estimate of drug-likeness (QED) is 0.836. The lowest BCUT2D eigenvalue weighted by Gasteiger charge is -2.32. The molecule has 0 aromatic carbocycles. The molecule has 1 aromatic rings. The topological polar surface area (TPSA) is 62.3 Å². The van der Waals surface area contributed by atoms with Crippen molar-refractivity contribution in [1.29, 1.82) is 0 Å². The number of carbonyl (C=O) groups excluding carboxylic acids is 2. The van der Waals surface area contributed by atoms with E-state index < -0.39 is 6.04 Å². The van der Waals surface area contributed by atoms with Crippen molar-refractivity contribution in [3.8, 4) is 0 Å². The van der Waals surface area contributed by atoms with Crippen molar-refractivity contribution < 1.29 is 9.59 Å². The number of aromatic nitrogens is 1. The van der Waals surface area contributed by atoms with Crippen LogP contribution in [0.4, 0.5) is 5.69 Å². The highest BCUT2D eigenvalue weighted by Crippen LogP contribution is 2.17. The van der Waals surface area contributed by atoms with Gasteiger partial charge < -0.3 is 5.32 Å². The number of piperazine rings is 1. The second kappa shape index (κ2) is 4.95. The van der Waals surface area contributed by atoms with E-state index in [0.717, 1.165) is 6.42 Å². The monoisotopic (exact) mass is 233 g/mol. The Morgan fingerprint density at radius 1 is 1.53 bits per heavy atom. The lowest BCUT2D eigenvalue weighted by atomic mass is 10.1. The van der Waals surface area contributed by atoms with Crippen molar-refractivity contribution >= 4 is 17.5 Å². The van der Waals surface area contributed by atoms with Gasteiger partial charge in [0.15, 0.2) is 0 Å². The van der Waals surface area contributed by atoms with Crippen LogP contribution in [-0.2, 0) is 9.59 Å². The van der Waals surface area contributed by atoms with Gasteiger partial charge in [0.2, 0.25) is 11.8 Å². The minimum absolute atomic E-state index is 0.0561. The highest BCUT2D eigenvalue weighted by Gasteiger charge is 2.32. The van der Waals surface area contributed by atoms with Gasteiger partial charge in [-0.15, -0.1) is 0 Å². The van der Waals surface area contributed by atoms with Gasteiger partial charge in [-0.2, -0.15) is 0 Å². The van der Waals surface area contributed by atoms with Crippen LogP contribution in [-0.4, -0.2) is 29.4 Å². The summed E-state index contributed by atoms with van der Waals surface area (Å²) in [6, 6.07) is 3.14. The highest BCUT2D eigenvalue weighted by molar-refractivity contribution is 6.06. The first-order chi connectivity index (χ1) is 8.22. The Morgan fingerprint density at radius 3 is 3.00 bits per heavy atom. The molecule has 2 amide bonds. The van der Waals surface area contributed by atoms with Crippen LogP contribution in [0.5, 0.6) is 0 Å². The van der Waals surface area contributed by atoms with Crippen LogP contribution in [0.1, 0.15) is 19.8 Å². The molecule has 1 aromatic heterocycles. The van der Waals surface area contributed by atoms with E-state index in [4.69, 9.17) is 0 Å². The number of carbonyl (C=O) groups is 2. The molecule has 0 saturated carbocycles. The van der Waals surface area contributed by atoms with Gasteiger partial charge in [0.05, 0.1) is 11.9 Å². The fraction of sp³-hybridized carbons (Fsp3) is 0.417. The molecule has 0 aliphatic carbocycles. The van der Waals surface area contributed by atoms with Gasteiger partial charge in [-0.25, -0.2) is 0 Å². The van der Waals surface area contributed by atoms with Crippen molar-refractivity contribution in [2.45, 2.75) is 25.8 Å². The average molecular weight is 233 g/mol. The number of nitrogens with one attached hydrogen (secondary N) is 1. The number of rotatable bonds is 3. The summed E-state index contributed by atoms with van der Waals surface area (Å²) in [5.74, 6) is -0.175. The third kappa shape index (κ3) is 2.43. The summed E-state index contributed by atoms with van der Waals surface area (Å²) in [6.45, 7) is 2.06. The minimum Gasteiger partial charge on any atom is -0.343 e. The van der Waals surface area contributed by atoms with Gasteiger partial charge in [-0.1, -0.05) is 13.3 Å². The number of pyridine rings is 1. The lowest BCUT2D eigenvalue weighted by molar-refractivity contribution is -0.131. The van der Waals surface area contributed by atoms with Gasteiger partial charge >= 0.3 is 0 Å². The Bertz CT molecular complexity index is 419. The first kappa shape index (κ1) is 11.6. The summed E-state index contributed by atoms with van der Waals surface area (Å²) >= 11 is 0. The Morgan fingerprint density at radius 2 is 2.35 bits per heavy atom. The molecule has 1 aliphatic heterocycles. The zero-order chi connectivity index (χ0) is 12.3. The first-order valence-electron chi connectivity index (χ1n) is 5.73. The normalized spacial score (nSPS) is 20.3. The molecule has 90 valence electrons. The maximum atomic E-state index is 12.1. The van der Waals surface area contributed by atoms with Gasteiger partial charge in [0.1, 0.15) is 12.6 Å². The molecule has 1 aliphatic rings. The fourth-order valence-corrected chi connectivity index (χ4v) is 1.93. The molecule has 1 atom stereocenters. The van der Waals surface area contributed by atoms with E-state index >= 15 is 0 Å². The molecule has 0 radical (unpaired) electrons. The second-order valence-electron chi connectivity index (χ2n) is 4.04. The van der Waals surface area contributed by atoms with E-state index in [9.17, 15) is 9.59 Å². The summed E-state index contributed by atoms with van der Waals surface area (Å²) in [4.78, 5) is 29.2. The summed E-state index contributed by atoms with van der Waals surface area (Å²) in [7, 11) is 0. The number of nitrogens with zero attached hydrogens (tertiary/aromatic N) is 2. The molecule has 1 unspecified atom stereocenters. The summed E-state index contributed by atoms with van der Waals surface area (Å²) in [5.41, 5.74) is 0.674. The highest BCUT2D eigenvalue weighted by atomic mass is 16.2. The maximum Gasteiger partial charge on any atom is 0.250 e. The van der Waals surface area contributed by atoms with E-state index in [-0.39, 0.29) is 18.4 Å². The van der Waals surface area contributed by atoms with Gasteiger partial charge in [0, 0.05) is 6.20 Å². The third-order valence-electron chi connectivity index (χ3n) is 2.74. The number of hydrogen-bond acceptors (Lipinski definition) is 3. The third-order valence-corrected chi connectivity index (χ3v) is 2.74. The molecule has 17 heavy (non-hydrogen) atoms. The van der Waals surface area contributed by atoms with Gasteiger partial charge in [-0.3, -0.25) is 19.5 Å². The van der Waals surface area contributed by atoms with E-state index in [1.165, 1.54) is 4.90 Å². The fourth-order valence-electron chi connectivity index (χ4n) is 1.93. The summed E-state index contributed by atoms with van der Waals surface area (Å²) in [5, 5.41) is 2.72. The van der Waals surface area contributed by atoms with Gasteiger partial charge in [0.25, 0.3) is 0 Å². The minimum atomic E-state index is -0.401. The molecule has 1 fully saturated rings. The first-order valence-corrected chi connectivity index (χ1v) is 5.73. The zero-order valence-corrected chi connectivity index (χ0v) is 9.72. The predicted octanol–water partition coefficient (Wildman–Crippen LogP) is 0.713. The molecular formula is C12H15N3O2. The lowest BCUT2D eigenvalue weighted by Crippen LogP contribution is -2.58. The van der Waals surface area contributed by atoms with Crippen LogP contribution in [0.25, 0.3) is 0 Å². The molecular weight excluding hydrogens is 218 g/mol. The largest absolute Gasteiger partial charge is 0.343 e. The van der Waals surface area contributed by atoms with E-state index in [1.54, 1.807) is 24.5 Å². The molecule has 1 N–H and O–H groups in total. The molecule has 2 heterocycles. The van der Waals surface area contributed by atoms with Crippen LogP contribution in [0, 0.1) is 0 Å². The zero-order valence-electron chi connectivity index (χ0n) is 9.72. The van der Waals surface area contributed by atoms with Crippen molar-refractivity contribution in [3.63, 3.8) is 0 Å².